The Hall–Kier alpha value is -0.910. The Balaban J connectivity index is 1.90. The second-order valence-corrected chi connectivity index (χ2v) is 7.08. The minimum absolute atomic E-state index is 0.650. The Morgan fingerprint density at radius 1 is 1.24 bits per heavy atom. The Morgan fingerprint density at radius 3 is 2.81 bits per heavy atom. The van der Waals surface area contributed by atoms with Crippen LogP contribution in [0.3, 0.4) is 0 Å². The third kappa shape index (κ3) is 5.77. The summed E-state index contributed by atoms with van der Waals surface area (Å²) >= 11 is 5.31. The van der Waals surface area contributed by atoms with Gasteiger partial charge in [0.05, 0.1) is 11.4 Å². The van der Waals surface area contributed by atoms with Crippen LogP contribution in [0.1, 0.15) is 25.4 Å². The summed E-state index contributed by atoms with van der Waals surface area (Å²) < 4.78 is 1.12. The second kappa shape index (κ2) is 8.51. The van der Waals surface area contributed by atoms with Crippen LogP contribution in [-0.4, -0.2) is 16.5 Å². The Bertz CT molecular complexity index is 575. The van der Waals surface area contributed by atoms with Crippen molar-refractivity contribution in [3.63, 3.8) is 0 Å². The van der Waals surface area contributed by atoms with E-state index in [0.29, 0.717) is 5.92 Å². The van der Waals surface area contributed by atoms with E-state index < -0.39 is 0 Å². The first-order chi connectivity index (χ1) is 10.1. The van der Waals surface area contributed by atoms with E-state index in [9.17, 15) is 0 Å². The van der Waals surface area contributed by atoms with Crippen LogP contribution in [0.25, 0.3) is 0 Å². The van der Waals surface area contributed by atoms with Gasteiger partial charge in [-0.25, -0.2) is 9.97 Å². The van der Waals surface area contributed by atoms with Crippen molar-refractivity contribution in [3.05, 3.63) is 52.5 Å². The van der Waals surface area contributed by atoms with Crippen molar-refractivity contribution < 1.29 is 0 Å². The summed E-state index contributed by atoms with van der Waals surface area (Å²) in [7, 11) is 0. The third-order valence-corrected chi connectivity index (χ3v) is 4.84. The lowest BCUT2D eigenvalue weighted by molar-refractivity contribution is 0.547. The van der Waals surface area contributed by atoms with Gasteiger partial charge < -0.3 is 5.32 Å². The summed E-state index contributed by atoms with van der Waals surface area (Å²) in [5, 5.41) is 3.41. The standard InChI is InChI=1S/C16H20BrN3S/c1-12(2)9-18-10-13-7-8-19-16(20-13)11-21-15-6-4-3-5-14(15)17/h3-8,12,18H,9-11H2,1-2H3. The highest BCUT2D eigenvalue weighted by atomic mass is 79.9. The summed E-state index contributed by atoms with van der Waals surface area (Å²) in [6, 6.07) is 10.2. The van der Waals surface area contributed by atoms with Gasteiger partial charge in [0.2, 0.25) is 0 Å². The van der Waals surface area contributed by atoms with Gasteiger partial charge in [-0.1, -0.05) is 26.0 Å². The Morgan fingerprint density at radius 2 is 2.05 bits per heavy atom. The van der Waals surface area contributed by atoms with Crippen LogP contribution in [0.4, 0.5) is 0 Å². The molecule has 0 radical (unpaired) electrons. The highest BCUT2D eigenvalue weighted by Gasteiger charge is 2.04. The number of rotatable bonds is 7. The van der Waals surface area contributed by atoms with Crippen molar-refractivity contribution >= 4 is 27.7 Å². The molecular formula is C16H20BrN3S. The number of halogens is 1. The highest BCUT2D eigenvalue weighted by Crippen LogP contribution is 2.28. The Kier molecular flexibility index (Phi) is 6.67. The van der Waals surface area contributed by atoms with E-state index in [1.54, 1.807) is 11.8 Å². The molecule has 0 saturated carbocycles. The number of aromatic nitrogens is 2. The van der Waals surface area contributed by atoms with Crippen LogP contribution in [0.15, 0.2) is 45.9 Å². The van der Waals surface area contributed by atoms with E-state index in [1.807, 2.05) is 24.4 Å². The summed E-state index contributed by atoms with van der Waals surface area (Å²) in [6.07, 6.45) is 1.84. The zero-order valence-electron chi connectivity index (χ0n) is 12.3. The van der Waals surface area contributed by atoms with Gasteiger partial charge in [0.25, 0.3) is 0 Å². The molecule has 1 N–H and O–H groups in total. The number of nitrogens with one attached hydrogen (secondary N) is 1. The van der Waals surface area contributed by atoms with Crippen molar-refractivity contribution in [1.29, 1.82) is 0 Å². The van der Waals surface area contributed by atoms with Gasteiger partial charge in [0, 0.05) is 22.1 Å². The average Bonchev–Trinajstić information content (AvgIpc) is 2.46. The normalized spacial score (nSPS) is 11.0. The fraction of sp³-hybridized carbons (Fsp3) is 0.375. The smallest absolute Gasteiger partial charge is 0.138 e. The molecule has 0 unspecified atom stereocenters. The predicted molar refractivity (Wildman–Crippen MR) is 92.3 cm³/mol. The van der Waals surface area contributed by atoms with Gasteiger partial charge in [-0.2, -0.15) is 0 Å². The van der Waals surface area contributed by atoms with Gasteiger partial charge in [-0.15, -0.1) is 11.8 Å². The Labute approximate surface area is 139 Å². The topological polar surface area (TPSA) is 37.8 Å². The van der Waals surface area contributed by atoms with Gasteiger partial charge >= 0.3 is 0 Å². The number of hydrogen-bond acceptors (Lipinski definition) is 4. The fourth-order valence-electron chi connectivity index (χ4n) is 1.80. The van der Waals surface area contributed by atoms with E-state index in [-0.39, 0.29) is 0 Å². The number of nitrogens with zero attached hydrogens (tertiary/aromatic N) is 2. The molecule has 112 valence electrons. The predicted octanol–water partition coefficient (Wildman–Crippen LogP) is 4.28. The summed E-state index contributed by atoms with van der Waals surface area (Å²) in [4.78, 5) is 10.2. The van der Waals surface area contributed by atoms with Crippen LogP contribution in [-0.2, 0) is 12.3 Å². The zero-order chi connectivity index (χ0) is 15.1. The molecule has 0 saturated heterocycles. The molecule has 2 rings (SSSR count). The lowest BCUT2D eigenvalue weighted by atomic mass is 10.2. The quantitative estimate of drug-likeness (QED) is 0.743. The van der Waals surface area contributed by atoms with Gasteiger partial charge in [-0.3, -0.25) is 0 Å². The molecule has 0 aliphatic heterocycles. The summed E-state index contributed by atoms with van der Waals surface area (Å²) in [5.41, 5.74) is 1.05. The maximum Gasteiger partial charge on any atom is 0.138 e. The molecule has 0 bridgehead atoms. The SMILES string of the molecule is CC(C)CNCc1ccnc(CSc2ccccc2Br)n1. The van der Waals surface area contributed by atoms with Crippen molar-refractivity contribution in [2.45, 2.75) is 31.0 Å². The maximum absolute atomic E-state index is 4.60. The van der Waals surface area contributed by atoms with Crippen molar-refractivity contribution in [3.8, 4) is 0 Å². The molecule has 21 heavy (non-hydrogen) atoms. The molecular weight excluding hydrogens is 346 g/mol. The molecule has 0 aliphatic carbocycles. The molecule has 1 aromatic heterocycles. The molecule has 1 aromatic carbocycles. The molecule has 0 amide bonds. The van der Waals surface area contributed by atoms with Crippen LogP contribution >= 0.6 is 27.7 Å². The minimum Gasteiger partial charge on any atom is -0.311 e. The minimum atomic E-state index is 0.650. The van der Waals surface area contributed by atoms with Crippen LogP contribution in [0.2, 0.25) is 0 Å². The molecule has 3 nitrogen and oxygen atoms in total. The van der Waals surface area contributed by atoms with Crippen LogP contribution < -0.4 is 5.32 Å². The summed E-state index contributed by atoms with van der Waals surface area (Å²) in [6.45, 7) is 6.21. The lowest BCUT2D eigenvalue weighted by Gasteiger charge is -2.08. The number of thioether (sulfide) groups is 1. The molecule has 0 aliphatic rings. The van der Waals surface area contributed by atoms with E-state index in [1.165, 1.54) is 4.90 Å². The third-order valence-electron chi connectivity index (χ3n) is 2.82. The molecule has 0 fully saturated rings. The van der Waals surface area contributed by atoms with Crippen LogP contribution in [0, 0.1) is 5.92 Å². The molecule has 2 aromatic rings. The number of hydrogen-bond donors (Lipinski definition) is 1. The van der Waals surface area contributed by atoms with Gasteiger partial charge in [-0.05, 0) is 46.6 Å². The van der Waals surface area contributed by atoms with Crippen molar-refractivity contribution in [1.82, 2.24) is 15.3 Å². The van der Waals surface area contributed by atoms with E-state index in [0.717, 1.165) is 34.8 Å². The zero-order valence-corrected chi connectivity index (χ0v) is 14.7. The first kappa shape index (κ1) is 16.5. The molecule has 0 spiro atoms. The molecule has 5 heteroatoms. The largest absolute Gasteiger partial charge is 0.311 e. The summed E-state index contributed by atoms with van der Waals surface area (Å²) in [5.74, 6) is 2.30. The van der Waals surface area contributed by atoms with E-state index in [4.69, 9.17) is 0 Å². The average molecular weight is 366 g/mol. The monoisotopic (exact) mass is 365 g/mol. The van der Waals surface area contributed by atoms with E-state index in [2.05, 4.69) is 57.2 Å². The first-order valence-electron chi connectivity index (χ1n) is 7.04. The lowest BCUT2D eigenvalue weighted by Crippen LogP contribution is -2.19. The second-order valence-electron chi connectivity index (χ2n) is 5.21. The molecule has 0 atom stereocenters. The first-order valence-corrected chi connectivity index (χ1v) is 8.82. The van der Waals surface area contributed by atoms with Crippen molar-refractivity contribution in [2.24, 2.45) is 5.92 Å². The van der Waals surface area contributed by atoms with E-state index >= 15 is 0 Å². The molecule has 1 heterocycles. The highest BCUT2D eigenvalue weighted by molar-refractivity contribution is 9.10. The fourth-order valence-corrected chi connectivity index (χ4v) is 3.23. The number of benzene rings is 1. The van der Waals surface area contributed by atoms with Crippen LogP contribution in [0.5, 0.6) is 0 Å². The van der Waals surface area contributed by atoms with Crippen molar-refractivity contribution in [2.75, 3.05) is 6.54 Å². The van der Waals surface area contributed by atoms with Gasteiger partial charge in [0.1, 0.15) is 5.82 Å². The van der Waals surface area contributed by atoms with Gasteiger partial charge in [0.15, 0.2) is 0 Å². The maximum atomic E-state index is 4.60.